The summed E-state index contributed by atoms with van der Waals surface area (Å²) in [5.74, 6) is 0.853. The van der Waals surface area contributed by atoms with Crippen LogP contribution in [0.4, 0.5) is 0 Å². The molecule has 0 bridgehead atoms. The Labute approximate surface area is 83.6 Å². The minimum atomic E-state index is -0.255. The molecule has 0 radical (unpaired) electrons. The lowest BCUT2D eigenvalue weighted by Gasteiger charge is -2.40. The highest BCUT2D eigenvalue weighted by Gasteiger charge is 2.40. The van der Waals surface area contributed by atoms with Gasteiger partial charge in [0.15, 0.2) is 0 Å². The number of benzene rings is 1. The summed E-state index contributed by atoms with van der Waals surface area (Å²) in [6.45, 7) is 1.24. The zero-order valence-corrected chi connectivity index (χ0v) is 8.45. The van der Waals surface area contributed by atoms with Crippen LogP contribution in [0.5, 0.6) is 5.75 Å². The van der Waals surface area contributed by atoms with Gasteiger partial charge in [-0.2, -0.15) is 0 Å². The highest BCUT2D eigenvalue weighted by molar-refractivity contribution is 5.33. The predicted molar refractivity (Wildman–Crippen MR) is 52.5 cm³/mol. The van der Waals surface area contributed by atoms with Crippen molar-refractivity contribution in [3.8, 4) is 5.75 Å². The summed E-state index contributed by atoms with van der Waals surface area (Å²) in [4.78, 5) is 0. The molecule has 1 fully saturated rings. The van der Waals surface area contributed by atoms with E-state index < -0.39 is 0 Å². The van der Waals surface area contributed by atoms with Gasteiger partial charge < -0.3 is 14.2 Å². The molecule has 0 spiro atoms. The van der Waals surface area contributed by atoms with E-state index in [2.05, 4.69) is 0 Å². The van der Waals surface area contributed by atoms with Gasteiger partial charge in [-0.25, -0.2) is 0 Å². The Morgan fingerprint density at radius 2 is 2.07 bits per heavy atom. The van der Waals surface area contributed by atoms with Crippen LogP contribution < -0.4 is 4.74 Å². The van der Waals surface area contributed by atoms with E-state index >= 15 is 0 Å². The van der Waals surface area contributed by atoms with Gasteiger partial charge in [-0.05, 0) is 17.7 Å². The molecular weight excluding hydrogens is 180 g/mol. The lowest BCUT2D eigenvalue weighted by molar-refractivity contribution is -0.202. The first-order valence-corrected chi connectivity index (χ1v) is 4.58. The van der Waals surface area contributed by atoms with Crippen molar-refractivity contribution < 1.29 is 14.2 Å². The van der Waals surface area contributed by atoms with Crippen LogP contribution in [0.3, 0.4) is 0 Å². The van der Waals surface area contributed by atoms with Crippen molar-refractivity contribution in [1.29, 1.82) is 0 Å². The first-order chi connectivity index (χ1) is 6.80. The molecule has 76 valence electrons. The highest BCUT2D eigenvalue weighted by atomic mass is 16.6. The third-order valence-corrected chi connectivity index (χ3v) is 2.66. The van der Waals surface area contributed by atoms with Crippen molar-refractivity contribution >= 4 is 0 Å². The van der Waals surface area contributed by atoms with Gasteiger partial charge in [0.25, 0.3) is 0 Å². The fourth-order valence-corrected chi connectivity index (χ4v) is 1.60. The maximum absolute atomic E-state index is 5.48. The fraction of sp³-hybridized carbons (Fsp3) is 0.455. The second-order valence-electron chi connectivity index (χ2n) is 3.42. The molecule has 2 rings (SSSR count). The maximum Gasteiger partial charge on any atom is 0.139 e. The van der Waals surface area contributed by atoms with E-state index in [0.717, 1.165) is 11.3 Å². The van der Waals surface area contributed by atoms with E-state index in [1.54, 1.807) is 14.2 Å². The van der Waals surface area contributed by atoms with Crippen molar-refractivity contribution in [3.63, 3.8) is 0 Å². The molecule has 0 N–H and O–H groups in total. The van der Waals surface area contributed by atoms with Crippen molar-refractivity contribution in [2.45, 2.75) is 5.60 Å². The van der Waals surface area contributed by atoms with Crippen LogP contribution >= 0.6 is 0 Å². The Hall–Kier alpha value is -1.06. The number of methoxy groups -OCH3 is 2. The first-order valence-electron chi connectivity index (χ1n) is 4.58. The minimum absolute atomic E-state index is 0.255. The summed E-state index contributed by atoms with van der Waals surface area (Å²) in [6.07, 6.45) is 0. The largest absolute Gasteiger partial charge is 0.497 e. The Kier molecular flexibility index (Phi) is 2.44. The summed E-state index contributed by atoms with van der Waals surface area (Å²) in [5.41, 5.74) is 0.861. The standard InChI is InChI=1S/C11H14O3/c1-12-10-5-3-4-9(6-10)11(13-2)7-14-8-11/h3-6H,7-8H2,1-2H3. The van der Waals surface area contributed by atoms with Crippen LogP contribution in [0, 0.1) is 0 Å². The quantitative estimate of drug-likeness (QED) is 0.731. The average molecular weight is 194 g/mol. The zero-order valence-electron chi connectivity index (χ0n) is 8.45. The first kappa shape index (κ1) is 9.49. The van der Waals surface area contributed by atoms with Gasteiger partial charge in [0.2, 0.25) is 0 Å². The Morgan fingerprint density at radius 1 is 1.29 bits per heavy atom. The average Bonchev–Trinajstić information content (AvgIpc) is 2.18. The van der Waals surface area contributed by atoms with Crippen molar-refractivity contribution in [2.75, 3.05) is 27.4 Å². The zero-order chi connectivity index (χ0) is 10.0. The minimum Gasteiger partial charge on any atom is -0.497 e. The molecule has 0 atom stereocenters. The van der Waals surface area contributed by atoms with Crippen LogP contribution in [0.15, 0.2) is 24.3 Å². The fourth-order valence-electron chi connectivity index (χ4n) is 1.60. The molecule has 0 saturated carbocycles. The van der Waals surface area contributed by atoms with E-state index in [4.69, 9.17) is 14.2 Å². The number of rotatable bonds is 3. The molecule has 3 nitrogen and oxygen atoms in total. The SMILES string of the molecule is COc1cccc(C2(OC)COC2)c1. The van der Waals surface area contributed by atoms with E-state index in [-0.39, 0.29) is 5.60 Å². The molecule has 1 heterocycles. The second kappa shape index (κ2) is 3.59. The molecule has 0 unspecified atom stereocenters. The van der Waals surface area contributed by atoms with E-state index in [0.29, 0.717) is 13.2 Å². The number of hydrogen-bond acceptors (Lipinski definition) is 3. The lowest BCUT2D eigenvalue weighted by Crippen LogP contribution is -2.48. The number of hydrogen-bond donors (Lipinski definition) is 0. The maximum atomic E-state index is 5.48. The predicted octanol–water partition coefficient (Wildman–Crippen LogP) is 1.57. The summed E-state index contributed by atoms with van der Waals surface area (Å²) < 4.78 is 15.8. The Balaban J connectivity index is 2.30. The topological polar surface area (TPSA) is 27.7 Å². The normalized spacial score (nSPS) is 18.7. The van der Waals surface area contributed by atoms with Crippen LogP contribution in [0.1, 0.15) is 5.56 Å². The van der Waals surface area contributed by atoms with E-state index in [1.165, 1.54) is 0 Å². The van der Waals surface area contributed by atoms with Gasteiger partial charge in [-0.15, -0.1) is 0 Å². The van der Waals surface area contributed by atoms with Gasteiger partial charge in [-0.1, -0.05) is 12.1 Å². The number of ether oxygens (including phenoxy) is 3. The molecule has 0 aromatic heterocycles. The van der Waals surface area contributed by atoms with Gasteiger partial charge in [0.1, 0.15) is 11.4 Å². The van der Waals surface area contributed by atoms with Crippen molar-refractivity contribution in [3.05, 3.63) is 29.8 Å². The smallest absolute Gasteiger partial charge is 0.139 e. The molecule has 14 heavy (non-hydrogen) atoms. The monoisotopic (exact) mass is 194 g/mol. The lowest BCUT2D eigenvalue weighted by atomic mass is 9.92. The van der Waals surface area contributed by atoms with E-state index in [1.807, 2.05) is 24.3 Å². The summed E-state index contributed by atoms with van der Waals surface area (Å²) in [7, 11) is 3.37. The van der Waals surface area contributed by atoms with Crippen LogP contribution in [-0.4, -0.2) is 27.4 Å². The van der Waals surface area contributed by atoms with Gasteiger partial charge in [-0.3, -0.25) is 0 Å². The Morgan fingerprint density at radius 3 is 2.57 bits per heavy atom. The molecule has 0 amide bonds. The summed E-state index contributed by atoms with van der Waals surface area (Å²) in [5, 5.41) is 0. The molecule has 1 aromatic rings. The molecule has 1 saturated heterocycles. The molecule has 1 aliphatic heterocycles. The van der Waals surface area contributed by atoms with E-state index in [9.17, 15) is 0 Å². The molecule has 0 aliphatic carbocycles. The van der Waals surface area contributed by atoms with Crippen molar-refractivity contribution in [1.82, 2.24) is 0 Å². The van der Waals surface area contributed by atoms with Crippen LogP contribution in [0.25, 0.3) is 0 Å². The molecule has 1 aromatic carbocycles. The second-order valence-corrected chi connectivity index (χ2v) is 3.42. The van der Waals surface area contributed by atoms with Gasteiger partial charge >= 0.3 is 0 Å². The van der Waals surface area contributed by atoms with Crippen LogP contribution in [0.2, 0.25) is 0 Å². The third kappa shape index (κ3) is 1.38. The third-order valence-electron chi connectivity index (χ3n) is 2.66. The highest BCUT2D eigenvalue weighted by Crippen LogP contribution is 2.34. The van der Waals surface area contributed by atoms with Crippen molar-refractivity contribution in [2.24, 2.45) is 0 Å². The molecule has 1 aliphatic rings. The summed E-state index contributed by atoms with van der Waals surface area (Å²) in [6, 6.07) is 7.92. The summed E-state index contributed by atoms with van der Waals surface area (Å²) >= 11 is 0. The molecule has 3 heteroatoms. The van der Waals surface area contributed by atoms with Gasteiger partial charge in [0.05, 0.1) is 20.3 Å². The van der Waals surface area contributed by atoms with Crippen LogP contribution in [-0.2, 0) is 15.1 Å². The Bertz CT molecular complexity index is 313. The van der Waals surface area contributed by atoms with Gasteiger partial charge in [0, 0.05) is 7.11 Å². The molecular formula is C11H14O3.